The smallest absolute Gasteiger partial charge is 0.263 e. The van der Waals surface area contributed by atoms with Crippen molar-refractivity contribution >= 4 is 38.3 Å². The summed E-state index contributed by atoms with van der Waals surface area (Å²) in [5.41, 5.74) is 1.54. The first-order chi connectivity index (χ1) is 11.7. The first-order valence-corrected chi connectivity index (χ1v) is 8.97. The lowest BCUT2D eigenvalue weighted by molar-refractivity contribution is 0.0988. The van der Waals surface area contributed by atoms with Gasteiger partial charge in [0.25, 0.3) is 5.91 Å². The zero-order valence-electron chi connectivity index (χ0n) is 13.0. The van der Waals surface area contributed by atoms with Crippen LogP contribution in [0.5, 0.6) is 5.75 Å². The molecule has 0 unspecified atom stereocenters. The van der Waals surface area contributed by atoms with E-state index < -0.39 is 0 Å². The molecule has 0 saturated heterocycles. The van der Waals surface area contributed by atoms with E-state index in [2.05, 4.69) is 20.9 Å². The summed E-state index contributed by atoms with van der Waals surface area (Å²) >= 11 is 4.92. The zero-order chi connectivity index (χ0) is 16.9. The highest BCUT2D eigenvalue weighted by Crippen LogP contribution is 2.25. The summed E-state index contributed by atoms with van der Waals surface area (Å²) < 4.78 is 6.88. The normalized spacial score (nSPS) is 10.4. The SMILES string of the molecule is CN(C(=O)c1ccccc1OCc1ccccc1Br)c1nccs1. The summed E-state index contributed by atoms with van der Waals surface area (Å²) in [6, 6.07) is 15.1. The minimum absolute atomic E-state index is 0.146. The van der Waals surface area contributed by atoms with Crippen molar-refractivity contribution in [3.8, 4) is 5.75 Å². The van der Waals surface area contributed by atoms with Crippen molar-refractivity contribution < 1.29 is 9.53 Å². The Kier molecular flexibility index (Phi) is 5.27. The molecule has 0 aliphatic rings. The molecule has 1 heterocycles. The maximum Gasteiger partial charge on any atom is 0.263 e. The van der Waals surface area contributed by atoms with Crippen molar-refractivity contribution in [2.75, 3.05) is 11.9 Å². The van der Waals surface area contributed by atoms with E-state index in [1.54, 1.807) is 25.4 Å². The van der Waals surface area contributed by atoms with Crippen molar-refractivity contribution in [2.24, 2.45) is 0 Å². The number of para-hydroxylation sites is 1. The third-order valence-electron chi connectivity index (χ3n) is 3.47. The summed E-state index contributed by atoms with van der Waals surface area (Å²) in [5, 5.41) is 2.50. The Bertz CT molecular complexity index is 837. The fourth-order valence-corrected chi connectivity index (χ4v) is 3.19. The van der Waals surface area contributed by atoms with E-state index >= 15 is 0 Å². The molecule has 0 spiro atoms. The summed E-state index contributed by atoms with van der Waals surface area (Å²) in [5.74, 6) is 0.411. The number of carbonyl (C=O) groups excluding carboxylic acids is 1. The Labute approximate surface area is 152 Å². The molecule has 0 saturated carbocycles. The second kappa shape index (κ2) is 7.59. The standard InChI is InChI=1S/C18H15BrN2O2S/c1-21(18-20-10-11-24-18)17(22)14-7-3-5-9-16(14)23-12-13-6-2-4-8-15(13)19/h2-11H,12H2,1H3. The van der Waals surface area contributed by atoms with Gasteiger partial charge < -0.3 is 4.74 Å². The molecule has 0 atom stereocenters. The van der Waals surface area contributed by atoms with Crippen LogP contribution in [0.2, 0.25) is 0 Å². The van der Waals surface area contributed by atoms with Gasteiger partial charge in [0, 0.05) is 28.7 Å². The number of carbonyl (C=O) groups is 1. The Morgan fingerprint density at radius 1 is 1.21 bits per heavy atom. The van der Waals surface area contributed by atoms with Crippen molar-refractivity contribution in [3.63, 3.8) is 0 Å². The van der Waals surface area contributed by atoms with E-state index in [0.29, 0.717) is 23.1 Å². The van der Waals surface area contributed by atoms with E-state index in [4.69, 9.17) is 4.74 Å². The molecular weight excluding hydrogens is 388 g/mol. The molecule has 0 radical (unpaired) electrons. The van der Waals surface area contributed by atoms with Crippen molar-refractivity contribution in [1.29, 1.82) is 0 Å². The first kappa shape index (κ1) is 16.7. The predicted molar refractivity (Wildman–Crippen MR) is 99.8 cm³/mol. The van der Waals surface area contributed by atoms with Crippen molar-refractivity contribution in [3.05, 3.63) is 75.7 Å². The summed E-state index contributed by atoms with van der Waals surface area (Å²) in [4.78, 5) is 18.5. The van der Waals surface area contributed by atoms with Crippen LogP contribution in [-0.4, -0.2) is 17.9 Å². The van der Waals surface area contributed by atoms with Crippen molar-refractivity contribution in [1.82, 2.24) is 4.98 Å². The molecule has 3 rings (SSSR count). The van der Waals surface area contributed by atoms with Crippen LogP contribution in [0.25, 0.3) is 0 Å². The Morgan fingerprint density at radius 3 is 2.71 bits per heavy atom. The number of hydrogen-bond donors (Lipinski definition) is 0. The third kappa shape index (κ3) is 3.66. The van der Waals surface area contributed by atoms with E-state index in [1.165, 1.54) is 16.2 Å². The van der Waals surface area contributed by atoms with Crippen LogP contribution in [0.15, 0.2) is 64.6 Å². The van der Waals surface area contributed by atoms with Crippen LogP contribution in [0.4, 0.5) is 5.13 Å². The fraction of sp³-hybridized carbons (Fsp3) is 0.111. The maximum absolute atomic E-state index is 12.7. The molecule has 6 heteroatoms. The number of thiazole rings is 1. The molecule has 24 heavy (non-hydrogen) atoms. The highest BCUT2D eigenvalue weighted by Gasteiger charge is 2.19. The molecule has 3 aromatic rings. The van der Waals surface area contributed by atoms with Gasteiger partial charge >= 0.3 is 0 Å². The molecule has 122 valence electrons. The summed E-state index contributed by atoms with van der Waals surface area (Å²) in [6.45, 7) is 0.382. The lowest BCUT2D eigenvalue weighted by Gasteiger charge is -2.17. The number of hydrogen-bond acceptors (Lipinski definition) is 4. The Balaban J connectivity index is 1.80. The molecule has 0 aliphatic carbocycles. The second-order valence-corrected chi connectivity index (χ2v) is 6.78. The quantitative estimate of drug-likeness (QED) is 0.617. The molecule has 1 amide bonds. The van der Waals surface area contributed by atoms with Gasteiger partial charge in [-0.2, -0.15) is 0 Å². The van der Waals surface area contributed by atoms with E-state index in [-0.39, 0.29) is 5.91 Å². The van der Waals surface area contributed by atoms with Gasteiger partial charge in [-0.1, -0.05) is 46.3 Å². The van der Waals surface area contributed by atoms with Crippen LogP contribution in [0.3, 0.4) is 0 Å². The molecule has 0 aliphatic heterocycles. The van der Waals surface area contributed by atoms with Crippen molar-refractivity contribution in [2.45, 2.75) is 6.61 Å². The molecule has 1 aromatic heterocycles. The van der Waals surface area contributed by atoms with Gasteiger partial charge in [0.1, 0.15) is 12.4 Å². The minimum Gasteiger partial charge on any atom is -0.488 e. The molecule has 2 aromatic carbocycles. The third-order valence-corrected chi connectivity index (χ3v) is 5.09. The summed E-state index contributed by atoms with van der Waals surface area (Å²) in [6.07, 6.45) is 1.68. The number of nitrogens with zero attached hydrogens (tertiary/aromatic N) is 2. The number of benzene rings is 2. The zero-order valence-corrected chi connectivity index (χ0v) is 15.4. The van der Waals surface area contributed by atoms with Gasteiger partial charge in [0.05, 0.1) is 5.56 Å². The van der Waals surface area contributed by atoms with Gasteiger partial charge in [-0.25, -0.2) is 4.98 Å². The lowest BCUT2D eigenvalue weighted by atomic mass is 10.1. The van der Waals surface area contributed by atoms with Gasteiger partial charge in [-0.15, -0.1) is 11.3 Å². The topological polar surface area (TPSA) is 42.4 Å². The predicted octanol–water partition coefficient (Wildman–Crippen LogP) is 4.76. The fourth-order valence-electron chi connectivity index (χ4n) is 2.19. The van der Waals surface area contributed by atoms with E-state index in [0.717, 1.165) is 10.0 Å². The number of halogens is 1. The average molecular weight is 403 g/mol. The van der Waals surface area contributed by atoms with Crippen LogP contribution >= 0.6 is 27.3 Å². The molecule has 0 bridgehead atoms. The van der Waals surface area contributed by atoms with Crippen LogP contribution in [0.1, 0.15) is 15.9 Å². The maximum atomic E-state index is 12.7. The van der Waals surface area contributed by atoms with E-state index in [9.17, 15) is 4.79 Å². The van der Waals surface area contributed by atoms with Gasteiger partial charge in [0.2, 0.25) is 0 Å². The first-order valence-electron chi connectivity index (χ1n) is 7.29. The number of rotatable bonds is 5. The molecule has 4 nitrogen and oxygen atoms in total. The van der Waals surface area contributed by atoms with Crippen LogP contribution < -0.4 is 9.64 Å². The lowest BCUT2D eigenvalue weighted by Crippen LogP contribution is -2.26. The molecular formula is C18H15BrN2O2S. The highest BCUT2D eigenvalue weighted by atomic mass is 79.9. The number of ether oxygens (including phenoxy) is 1. The van der Waals surface area contributed by atoms with Gasteiger partial charge in [0.15, 0.2) is 5.13 Å². The van der Waals surface area contributed by atoms with Gasteiger partial charge in [-0.3, -0.25) is 9.69 Å². The van der Waals surface area contributed by atoms with Crippen LogP contribution in [0, 0.1) is 0 Å². The van der Waals surface area contributed by atoms with Gasteiger partial charge in [-0.05, 0) is 18.2 Å². The monoisotopic (exact) mass is 402 g/mol. The molecule has 0 N–H and O–H groups in total. The number of anilines is 1. The van der Waals surface area contributed by atoms with E-state index in [1.807, 2.05) is 41.8 Å². The number of aromatic nitrogens is 1. The number of amides is 1. The summed E-state index contributed by atoms with van der Waals surface area (Å²) in [7, 11) is 1.71. The Morgan fingerprint density at radius 2 is 1.96 bits per heavy atom. The average Bonchev–Trinajstić information content (AvgIpc) is 3.15. The second-order valence-electron chi connectivity index (χ2n) is 5.06. The minimum atomic E-state index is -0.146. The Hall–Kier alpha value is -2.18. The van der Waals surface area contributed by atoms with Crippen LogP contribution in [-0.2, 0) is 6.61 Å². The largest absolute Gasteiger partial charge is 0.488 e. The highest BCUT2D eigenvalue weighted by molar-refractivity contribution is 9.10. The molecule has 0 fully saturated rings.